The molecule has 6 atom stereocenters. The molecule has 0 aliphatic carbocycles. The second kappa shape index (κ2) is 10.7. The zero-order valence-electron chi connectivity index (χ0n) is 23.2. The molecule has 3 rings (SSSR count). The van der Waals surface area contributed by atoms with Crippen LogP contribution in [0, 0.1) is 23.2 Å². The molecule has 204 valence electrons. The number of nitrogens with zero attached hydrogens (tertiary/aromatic N) is 2. The van der Waals surface area contributed by atoms with Gasteiger partial charge in [-0.1, -0.05) is 33.8 Å². The summed E-state index contributed by atoms with van der Waals surface area (Å²) in [4.78, 5) is 45.4. The molecule has 36 heavy (non-hydrogen) atoms. The molecule has 0 radical (unpaired) electrons. The van der Waals surface area contributed by atoms with Crippen molar-refractivity contribution in [3.8, 4) is 0 Å². The van der Waals surface area contributed by atoms with Crippen LogP contribution in [0.25, 0.3) is 0 Å². The molecule has 0 aromatic rings. The van der Waals surface area contributed by atoms with Gasteiger partial charge < -0.3 is 19.6 Å². The summed E-state index contributed by atoms with van der Waals surface area (Å²) in [7, 11) is 0. The van der Waals surface area contributed by atoms with Crippen LogP contribution in [0.1, 0.15) is 74.1 Å². The number of aliphatic hydroxyl groups is 1. The van der Waals surface area contributed by atoms with E-state index in [0.717, 1.165) is 12.8 Å². The molecule has 7 nitrogen and oxygen atoms in total. The van der Waals surface area contributed by atoms with Crippen molar-refractivity contribution < 1.29 is 24.2 Å². The summed E-state index contributed by atoms with van der Waals surface area (Å²) in [5.41, 5.74) is -0.456. The van der Waals surface area contributed by atoms with E-state index >= 15 is 0 Å². The summed E-state index contributed by atoms with van der Waals surface area (Å²) in [6.45, 7) is 19.6. The van der Waals surface area contributed by atoms with E-state index in [1.807, 2.05) is 4.90 Å². The molecule has 0 saturated carbocycles. The average molecular weight is 523 g/mol. The molecule has 3 aliphatic heterocycles. The summed E-state index contributed by atoms with van der Waals surface area (Å²) < 4.78 is 4.77. The molecular weight excluding hydrogens is 476 g/mol. The number of aliphatic hydroxyl groups excluding tert-OH is 1. The largest absolute Gasteiger partial charge is 0.466 e. The van der Waals surface area contributed by atoms with Gasteiger partial charge in [-0.2, -0.15) is 0 Å². The van der Waals surface area contributed by atoms with Gasteiger partial charge in [0, 0.05) is 30.5 Å². The van der Waals surface area contributed by atoms with E-state index in [4.69, 9.17) is 4.74 Å². The molecule has 8 heteroatoms. The Morgan fingerprint density at radius 2 is 1.94 bits per heavy atom. The Morgan fingerprint density at radius 3 is 2.50 bits per heavy atom. The maximum Gasteiger partial charge on any atom is 0.310 e. The maximum atomic E-state index is 14.6. The fraction of sp³-hybridized carbons (Fsp3) is 0.821. The van der Waals surface area contributed by atoms with Crippen molar-refractivity contribution in [2.75, 3.05) is 26.3 Å². The molecule has 3 heterocycles. The van der Waals surface area contributed by atoms with E-state index < -0.39 is 28.2 Å². The number of likely N-dealkylation sites (tertiary alicyclic amines) is 1. The Morgan fingerprint density at radius 1 is 1.28 bits per heavy atom. The maximum absolute atomic E-state index is 14.6. The van der Waals surface area contributed by atoms with Crippen molar-refractivity contribution in [3.63, 3.8) is 0 Å². The molecule has 3 aliphatic rings. The van der Waals surface area contributed by atoms with Crippen LogP contribution in [-0.2, 0) is 19.1 Å². The lowest BCUT2D eigenvalue weighted by atomic mass is 9.66. The van der Waals surface area contributed by atoms with Gasteiger partial charge in [0.15, 0.2) is 0 Å². The summed E-state index contributed by atoms with van der Waals surface area (Å²) in [6, 6.07) is -0.655. The van der Waals surface area contributed by atoms with Gasteiger partial charge in [-0.15, -0.1) is 18.3 Å². The van der Waals surface area contributed by atoms with E-state index in [-0.39, 0.29) is 47.6 Å². The van der Waals surface area contributed by atoms with Crippen LogP contribution in [0.4, 0.5) is 0 Å². The van der Waals surface area contributed by atoms with Gasteiger partial charge in [-0.25, -0.2) is 0 Å². The summed E-state index contributed by atoms with van der Waals surface area (Å²) in [6.07, 6.45) is 4.50. The third-order valence-corrected chi connectivity index (χ3v) is 10.2. The summed E-state index contributed by atoms with van der Waals surface area (Å²) >= 11 is 1.68. The van der Waals surface area contributed by atoms with Crippen LogP contribution >= 0.6 is 11.8 Å². The number of ether oxygens (including phenoxy) is 1. The van der Waals surface area contributed by atoms with Crippen LogP contribution < -0.4 is 0 Å². The third kappa shape index (κ3) is 4.96. The number of carbonyl (C=O) groups excluding carboxylic acids is 3. The lowest BCUT2D eigenvalue weighted by Crippen LogP contribution is -2.61. The molecule has 0 aromatic heterocycles. The number of amides is 2. The number of hydrogen-bond acceptors (Lipinski definition) is 6. The number of thioether (sulfide) groups is 1. The van der Waals surface area contributed by atoms with E-state index in [1.54, 1.807) is 29.7 Å². The van der Waals surface area contributed by atoms with Gasteiger partial charge >= 0.3 is 5.97 Å². The third-order valence-electron chi connectivity index (χ3n) is 8.12. The Kier molecular flexibility index (Phi) is 8.61. The number of hydrogen-bond donors (Lipinski definition) is 1. The Balaban J connectivity index is 2.09. The van der Waals surface area contributed by atoms with Gasteiger partial charge in [-0.3, -0.25) is 14.4 Å². The van der Waals surface area contributed by atoms with Gasteiger partial charge in [0.25, 0.3) is 0 Å². The van der Waals surface area contributed by atoms with Crippen molar-refractivity contribution in [3.05, 3.63) is 12.7 Å². The molecular formula is C28H46N2O5S. The summed E-state index contributed by atoms with van der Waals surface area (Å²) in [5.74, 6) is -1.46. The van der Waals surface area contributed by atoms with Crippen molar-refractivity contribution in [2.24, 2.45) is 23.2 Å². The second-order valence-electron chi connectivity index (χ2n) is 12.6. The normalized spacial score (nSPS) is 31.5. The number of unbranched alkanes of at least 4 members (excludes halogenated alkanes) is 1. The van der Waals surface area contributed by atoms with Crippen LogP contribution in [0.15, 0.2) is 12.7 Å². The Bertz CT molecular complexity index is 868. The topological polar surface area (TPSA) is 87.2 Å². The highest BCUT2D eigenvalue weighted by molar-refractivity contribution is 8.02. The fourth-order valence-electron chi connectivity index (χ4n) is 7.25. The highest BCUT2D eigenvalue weighted by Crippen LogP contribution is 2.69. The minimum Gasteiger partial charge on any atom is -0.466 e. The molecule has 2 amide bonds. The highest BCUT2D eigenvalue weighted by atomic mass is 32.2. The van der Waals surface area contributed by atoms with Crippen molar-refractivity contribution in [2.45, 2.75) is 95.7 Å². The van der Waals surface area contributed by atoms with Gasteiger partial charge in [0.2, 0.25) is 11.8 Å². The highest BCUT2D eigenvalue weighted by Gasteiger charge is 2.76. The van der Waals surface area contributed by atoms with Crippen molar-refractivity contribution in [1.29, 1.82) is 0 Å². The molecule has 0 aromatic carbocycles. The molecule has 3 saturated heterocycles. The van der Waals surface area contributed by atoms with Gasteiger partial charge in [0.05, 0.1) is 23.2 Å². The van der Waals surface area contributed by atoms with Crippen LogP contribution in [0.2, 0.25) is 0 Å². The SMILES string of the molecule is C=CCN(C(=O)C1N(CCCCO)C(=O)[C@@H]2[C@@H](C(=O)OCC)[C@H]3CC(C)C12S3)C(C)(C)CC(C)(C)C. The minimum atomic E-state index is -0.660. The number of carbonyl (C=O) groups is 3. The predicted molar refractivity (Wildman–Crippen MR) is 143 cm³/mol. The van der Waals surface area contributed by atoms with Crippen LogP contribution in [0.5, 0.6) is 0 Å². The Labute approximate surface area is 221 Å². The molecule has 3 fully saturated rings. The van der Waals surface area contributed by atoms with Crippen LogP contribution in [-0.4, -0.2) is 80.6 Å². The number of rotatable bonds is 11. The lowest BCUT2D eigenvalue weighted by molar-refractivity contribution is -0.154. The average Bonchev–Trinajstić information content (AvgIpc) is 3.34. The number of fused-ring (bicyclic) bond motifs is 1. The quantitative estimate of drug-likeness (QED) is 0.252. The van der Waals surface area contributed by atoms with Gasteiger partial charge in [0.1, 0.15) is 6.04 Å². The van der Waals surface area contributed by atoms with E-state index in [1.165, 1.54) is 0 Å². The zero-order chi connectivity index (χ0) is 27.1. The molecule has 1 N–H and O–H groups in total. The van der Waals surface area contributed by atoms with E-state index in [9.17, 15) is 19.5 Å². The fourth-order valence-corrected chi connectivity index (χ4v) is 9.65. The molecule has 1 spiro atoms. The molecule has 3 unspecified atom stereocenters. The second-order valence-corrected chi connectivity index (χ2v) is 14.1. The predicted octanol–water partition coefficient (Wildman–Crippen LogP) is 3.89. The standard InChI is InChI=1S/C28H46N2O5S/c1-9-13-30(27(7,8)17-26(4,5)6)24(33)22-28-18(3)16-19(36-28)20(25(34)35-10-2)21(28)23(32)29(22)14-11-12-15-31/h9,18-22,31H,1,10-17H2,2-8H3/t18?,19-,20+,21+,22?,28?/m1/s1. The lowest BCUT2D eigenvalue weighted by Gasteiger charge is -2.46. The van der Waals surface area contributed by atoms with Crippen molar-refractivity contribution in [1.82, 2.24) is 9.80 Å². The first-order valence-electron chi connectivity index (χ1n) is 13.4. The van der Waals surface area contributed by atoms with Gasteiger partial charge in [-0.05, 0) is 57.8 Å². The summed E-state index contributed by atoms with van der Waals surface area (Å²) in [5, 5.41) is 9.36. The zero-order valence-corrected chi connectivity index (χ0v) is 24.0. The first-order valence-corrected chi connectivity index (χ1v) is 14.3. The monoisotopic (exact) mass is 522 g/mol. The molecule has 2 bridgehead atoms. The first-order chi connectivity index (χ1) is 16.8. The van der Waals surface area contributed by atoms with E-state index in [2.05, 4.69) is 48.1 Å². The van der Waals surface area contributed by atoms with E-state index in [0.29, 0.717) is 25.9 Å². The van der Waals surface area contributed by atoms with Crippen molar-refractivity contribution >= 4 is 29.5 Å². The minimum absolute atomic E-state index is 0.000804. The number of esters is 1. The first kappa shape index (κ1) is 29.0. The Hall–Kier alpha value is -1.54. The smallest absolute Gasteiger partial charge is 0.310 e. The van der Waals surface area contributed by atoms with Crippen LogP contribution in [0.3, 0.4) is 0 Å².